The Morgan fingerprint density at radius 1 is 1.13 bits per heavy atom. The van der Waals surface area contributed by atoms with Crippen LogP contribution in [0.3, 0.4) is 0 Å². The molecule has 2 aliphatic rings. The summed E-state index contributed by atoms with van der Waals surface area (Å²) < 4.78 is 11.4. The number of nitrogens with zero attached hydrogens (tertiary/aromatic N) is 3. The van der Waals surface area contributed by atoms with Gasteiger partial charge in [0.25, 0.3) is 17.6 Å². The Morgan fingerprint density at radius 2 is 1.84 bits per heavy atom. The highest BCUT2D eigenvalue weighted by Crippen LogP contribution is 2.53. The number of rotatable bonds is 7. The lowest BCUT2D eigenvalue weighted by Gasteiger charge is -2.30. The number of nitro groups is 2. The normalized spacial score (nSPS) is 22.2. The molecule has 3 aromatic carbocycles. The molecule has 1 amide bonds. The molecule has 0 aliphatic carbocycles. The summed E-state index contributed by atoms with van der Waals surface area (Å²) in [6.07, 6.45) is 0. The smallest absolute Gasteiger partial charge is 0.269 e. The Labute approximate surface area is 222 Å². The summed E-state index contributed by atoms with van der Waals surface area (Å²) in [7, 11) is 3.14. The monoisotopic (exact) mass is 538 g/mol. The number of para-hydroxylation sites is 1. The minimum absolute atomic E-state index is 0.0352. The van der Waals surface area contributed by atoms with Crippen molar-refractivity contribution in [1.29, 1.82) is 0 Å². The second kappa shape index (κ2) is 9.58. The van der Waals surface area contributed by atoms with Crippen LogP contribution in [0.2, 0.25) is 5.02 Å². The third-order valence-corrected chi connectivity index (χ3v) is 7.53. The Hall–Kier alpha value is -4.22. The number of anilines is 1. The van der Waals surface area contributed by atoms with Crippen molar-refractivity contribution in [3.8, 4) is 11.5 Å². The molecule has 2 heterocycles. The van der Waals surface area contributed by atoms with Gasteiger partial charge in [-0.15, -0.1) is 0 Å². The van der Waals surface area contributed by atoms with Crippen molar-refractivity contribution >= 4 is 28.9 Å². The van der Waals surface area contributed by atoms with Gasteiger partial charge in [-0.05, 0) is 48.5 Å². The fourth-order valence-electron chi connectivity index (χ4n) is 5.54. The van der Waals surface area contributed by atoms with E-state index in [-0.39, 0.29) is 35.4 Å². The highest BCUT2D eigenvalue weighted by Gasteiger charge is 2.68. The number of carbonyl (C=O) groups is 1. The fourth-order valence-corrected chi connectivity index (χ4v) is 5.82. The lowest BCUT2D eigenvalue weighted by Crippen LogP contribution is -2.54. The number of hydrogen-bond donors (Lipinski definition) is 1. The average Bonchev–Trinajstić information content (AvgIpc) is 3.37. The van der Waals surface area contributed by atoms with Crippen LogP contribution in [0, 0.1) is 20.2 Å². The second-order valence-corrected chi connectivity index (χ2v) is 9.64. The molecule has 12 heteroatoms. The van der Waals surface area contributed by atoms with Gasteiger partial charge in [0.15, 0.2) is 17.0 Å². The summed E-state index contributed by atoms with van der Waals surface area (Å²) in [5.41, 5.74) is 0.830. The zero-order valence-corrected chi connectivity index (χ0v) is 21.2. The predicted octanol–water partition coefficient (Wildman–Crippen LogP) is 4.36. The largest absolute Gasteiger partial charge is 0.493 e. The van der Waals surface area contributed by atoms with Gasteiger partial charge in [-0.1, -0.05) is 29.8 Å². The second-order valence-electron chi connectivity index (χ2n) is 9.23. The molecule has 38 heavy (non-hydrogen) atoms. The van der Waals surface area contributed by atoms with Gasteiger partial charge in [-0.3, -0.25) is 29.9 Å². The first kappa shape index (κ1) is 25.4. The van der Waals surface area contributed by atoms with Gasteiger partial charge in [-0.25, -0.2) is 0 Å². The number of hydrogen-bond acceptors (Lipinski definition) is 8. The third-order valence-electron chi connectivity index (χ3n) is 7.25. The summed E-state index contributed by atoms with van der Waals surface area (Å²) in [5, 5.41) is 26.4. The molecule has 1 N–H and O–H groups in total. The van der Waals surface area contributed by atoms with E-state index in [0.717, 1.165) is 0 Å². The first-order valence-corrected chi connectivity index (χ1v) is 12.1. The van der Waals surface area contributed by atoms with Gasteiger partial charge >= 0.3 is 0 Å². The first-order valence-electron chi connectivity index (χ1n) is 11.7. The van der Waals surface area contributed by atoms with E-state index in [1.54, 1.807) is 60.5 Å². The molecule has 3 atom stereocenters. The molecule has 0 saturated carbocycles. The third kappa shape index (κ3) is 3.91. The number of likely N-dealkylation sites (N-methyl/N-ethyl adjacent to an activating group) is 1. The first-order chi connectivity index (χ1) is 18.2. The van der Waals surface area contributed by atoms with Gasteiger partial charge in [0, 0.05) is 34.9 Å². The van der Waals surface area contributed by atoms with Gasteiger partial charge < -0.3 is 14.8 Å². The highest BCUT2D eigenvalue weighted by atomic mass is 35.5. The Morgan fingerprint density at radius 3 is 2.50 bits per heavy atom. The molecule has 3 aromatic rings. The van der Waals surface area contributed by atoms with Crippen molar-refractivity contribution in [2.45, 2.75) is 24.1 Å². The predicted molar refractivity (Wildman–Crippen MR) is 138 cm³/mol. The Bertz CT molecular complexity index is 1450. The summed E-state index contributed by atoms with van der Waals surface area (Å²) in [4.78, 5) is 37.6. The highest BCUT2D eigenvalue weighted by molar-refractivity contribution is 6.32. The van der Waals surface area contributed by atoms with Crippen molar-refractivity contribution in [2.75, 3.05) is 26.0 Å². The minimum Gasteiger partial charge on any atom is -0.493 e. The number of likely N-dealkylation sites (tertiary alicyclic amines) is 1. The lowest BCUT2D eigenvalue weighted by atomic mass is 9.79. The van der Waals surface area contributed by atoms with E-state index in [1.165, 1.54) is 19.2 Å². The number of nitro benzene ring substituents is 1. The Kier molecular flexibility index (Phi) is 6.41. The molecule has 1 saturated heterocycles. The van der Waals surface area contributed by atoms with Crippen LogP contribution in [0.25, 0.3) is 0 Å². The van der Waals surface area contributed by atoms with Crippen LogP contribution >= 0.6 is 11.6 Å². The van der Waals surface area contributed by atoms with Gasteiger partial charge in [-0.2, -0.15) is 0 Å². The van der Waals surface area contributed by atoms with Crippen molar-refractivity contribution < 1.29 is 24.1 Å². The van der Waals surface area contributed by atoms with Crippen LogP contribution in [0.1, 0.15) is 22.6 Å². The van der Waals surface area contributed by atoms with Gasteiger partial charge in [0.2, 0.25) is 0 Å². The van der Waals surface area contributed by atoms with Crippen LogP contribution in [0.4, 0.5) is 11.4 Å². The van der Waals surface area contributed by atoms with E-state index >= 15 is 0 Å². The molecular weight excluding hydrogens is 516 g/mol. The molecular formula is C26H23ClN4O7. The molecule has 2 aliphatic heterocycles. The molecule has 1 fully saturated rings. The SMILES string of the molecule is COc1cc([C@@H]2CN(C)[C@@]3(C(=O)Nc4ccccc43)[C@@H]2[N+](=O)[O-])cc(Cl)c1OCc1ccc([N+](=O)[O-])cc1. The van der Waals surface area contributed by atoms with Gasteiger partial charge in [0.1, 0.15) is 6.61 Å². The molecule has 0 bridgehead atoms. The number of halogens is 1. The summed E-state index contributed by atoms with van der Waals surface area (Å²) in [6, 6.07) is 14.9. The van der Waals surface area contributed by atoms with Crippen LogP contribution in [-0.4, -0.2) is 47.4 Å². The van der Waals surface area contributed by atoms with E-state index < -0.39 is 33.3 Å². The molecule has 0 radical (unpaired) electrons. The summed E-state index contributed by atoms with van der Waals surface area (Å²) in [6.45, 7) is 0.299. The van der Waals surface area contributed by atoms with Crippen LogP contribution < -0.4 is 14.8 Å². The van der Waals surface area contributed by atoms with Crippen LogP contribution in [0.5, 0.6) is 11.5 Å². The van der Waals surface area contributed by atoms with E-state index in [0.29, 0.717) is 22.4 Å². The minimum atomic E-state index is -1.48. The molecule has 196 valence electrons. The average molecular weight is 539 g/mol. The summed E-state index contributed by atoms with van der Waals surface area (Å²) >= 11 is 6.59. The van der Waals surface area contributed by atoms with E-state index in [1.807, 2.05) is 0 Å². The fraction of sp³-hybridized carbons (Fsp3) is 0.269. The lowest BCUT2D eigenvalue weighted by molar-refractivity contribution is -0.534. The zero-order valence-electron chi connectivity index (χ0n) is 20.4. The van der Waals surface area contributed by atoms with Crippen LogP contribution in [-0.2, 0) is 16.9 Å². The number of carbonyl (C=O) groups excluding carboxylic acids is 1. The number of non-ortho nitro benzene ring substituents is 1. The number of methoxy groups -OCH3 is 1. The van der Waals surface area contributed by atoms with E-state index in [9.17, 15) is 25.0 Å². The Balaban J connectivity index is 1.48. The number of ether oxygens (including phenoxy) is 2. The van der Waals surface area contributed by atoms with Gasteiger partial charge in [0.05, 0.1) is 23.0 Å². The maximum Gasteiger partial charge on any atom is 0.269 e. The maximum atomic E-state index is 13.3. The van der Waals surface area contributed by atoms with Crippen molar-refractivity contribution in [1.82, 2.24) is 4.90 Å². The molecule has 0 aromatic heterocycles. The topological polar surface area (TPSA) is 137 Å². The summed E-state index contributed by atoms with van der Waals surface area (Å²) in [5.74, 6) is -0.608. The number of fused-ring (bicyclic) bond motifs is 2. The number of benzene rings is 3. The standard InChI is InChI=1S/C26H23ClN4O7/c1-29-13-18(24(31(35)36)26(29)19-5-3-4-6-21(19)28-25(26)32)16-11-20(27)23(22(12-16)37-2)38-14-15-7-9-17(10-8-15)30(33)34/h3-12,18,24H,13-14H2,1-2H3,(H,28,32)/t18-,24+,26+/m0/s1. The molecule has 11 nitrogen and oxygen atoms in total. The quantitative estimate of drug-likeness (QED) is 0.346. The molecule has 0 unspecified atom stereocenters. The van der Waals surface area contributed by atoms with Crippen molar-refractivity contribution in [2.24, 2.45) is 0 Å². The zero-order chi connectivity index (χ0) is 27.2. The molecule has 5 rings (SSSR count). The maximum absolute atomic E-state index is 13.3. The van der Waals surface area contributed by atoms with Crippen molar-refractivity contribution in [3.63, 3.8) is 0 Å². The molecule has 1 spiro atoms. The van der Waals surface area contributed by atoms with Crippen LogP contribution in [0.15, 0.2) is 60.7 Å². The van der Waals surface area contributed by atoms with E-state index in [4.69, 9.17) is 21.1 Å². The number of amides is 1. The number of nitrogens with one attached hydrogen (secondary N) is 1. The van der Waals surface area contributed by atoms with E-state index in [2.05, 4.69) is 5.32 Å². The van der Waals surface area contributed by atoms with Crippen molar-refractivity contribution in [3.05, 3.63) is 103 Å².